The molecule has 1 aromatic carbocycles. The first-order chi connectivity index (χ1) is 4.50. The standard InChI is InChI=1S/C5H5.5CH3.Ir.H2O4S/c1-2-4-5-3-1;;;;;;;1-5(2,3)4/h1-5H;5*1H3;;(H2,1,2,3,4)/q6*-1;;. The van der Waals surface area contributed by atoms with E-state index in [0.717, 1.165) is 0 Å². The molecule has 1 aromatic rings. The second-order valence-electron chi connectivity index (χ2n) is 1.41. The molecule has 1 radical (unpaired) electrons. The fourth-order valence-corrected chi connectivity index (χ4v) is 0.321. The Kier molecular flexibility index (Phi) is 67.5. The van der Waals surface area contributed by atoms with Crippen LogP contribution in [-0.4, -0.2) is 17.5 Å². The first kappa shape index (κ1) is 44.6. The number of hydrogen-bond acceptors (Lipinski definition) is 2. The molecule has 0 fully saturated rings. The minimum atomic E-state index is -4.67. The molecule has 2 N–H and O–H groups in total. The summed E-state index contributed by atoms with van der Waals surface area (Å²) in [6, 6.07) is 10.0. The molecular formula is C10H22IrO4S-6. The second kappa shape index (κ2) is 24.2. The van der Waals surface area contributed by atoms with E-state index in [1.165, 1.54) is 0 Å². The monoisotopic (exact) mass is 431 g/mol. The van der Waals surface area contributed by atoms with Gasteiger partial charge < -0.3 is 37.1 Å². The molecule has 4 nitrogen and oxygen atoms in total. The zero-order chi connectivity index (χ0) is 8.04. The maximum atomic E-state index is 8.74. The molecule has 0 heterocycles. The average Bonchev–Trinajstić information content (AvgIpc) is 2.07. The number of hydrogen-bond donors (Lipinski definition) is 2. The molecule has 1 rings (SSSR count). The minimum absolute atomic E-state index is 0. The number of rotatable bonds is 0. The molecule has 0 aliphatic rings. The van der Waals surface area contributed by atoms with Crippen LogP contribution in [0.4, 0.5) is 0 Å². The molecule has 0 bridgehead atoms. The van der Waals surface area contributed by atoms with E-state index in [4.69, 9.17) is 17.5 Å². The van der Waals surface area contributed by atoms with Crippen molar-refractivity contribution in [2.45, 2.75) is 0 Å². The molecule has 0 spiro atoms. The van der Waals surface area contributed by atoms with Crippen LogP contribution in [0.1, 0.15) is 0 Å². The minimum Gasteiger partial charge on any atom is -0.358 e. The Balaban J connectivity index is -0.0000000147. The Morgan fingerprint density at radius 3 is 1.06 bits per heavy atom. The van der Waals surface area contributed by atoms with Gasteiger partial charge in [0.05, 0.1) is 0 Å². The van der Waals surface area contributed by atoms with Crippen LogP contribution in [-0.2, 0) is 30.5 Å². The molecule has 0 aliphatic carbocycles. The van der Waals surface area contributed by atoms with Gasteiger partial charge in [0.1, 0.15) is 0 Å². The Labute approximate surface area is 115 Å². The van der Waals surface area contributed by atoms with Gasteiger partial charge in [-0.2, -0.15) is 26.6 Å². The molecule has 0 unspecified atom stereocenters. The molecule has 0 atom stereocenters. The zero-order valence-electron chi connectivity index (χ0n) is 10.3. The van der Waals surface area contributed by atoms with Gasteiger partial charge in [0, 0.05) is 20.1 Å². The molecule has 0 aliphatic heterocycles. The first-order valence-electron chi connectivity index (χ1n) is 2.37. The summed E-state index contributed by atoms with van der Waals surface area (Å²) in [6.07, 6.45) is 0. The van der Waals surface area contributed by atoms with Crippen molar-refractivity contribution < 1.29 is 37.6 Å². The Hall–Kier alpha value is -0.131. The van der Waals surface area contributed by atoms with Gasteiger partial charge in [-0.05, 0) is 0 Å². The van der Waals surface area contributed by atoms with Crippen LogP contribution in [0.25, 0.3) is 0 Å². The van der Waals surface area contributed by atoms with Gasteiger partial charge in [0.25, 0.3) is 0 Å². The molecular weight excluding hydrogens is 408 g/mol. The molecule has 6 heteroatoms. The summed E-state index contributed by atoms with van der Waals surface area (Å²) < 4.78 is 31.6. The van der Waals surface area contributed by atoms with Crippen molar-refractivity contribution in [2.24, 2.45) is 0 Å². The van der Waals surface area contributed by atoms with Crippen LogP contribution in [0.2, 0.25) is 0 Å². The van der Waals surface area contributed by atoms with Crippen LogP contribution in [0.15, 0.2) is 30.3 Å². The third-order valence-corrected chi connectivity index (χ3v) is 0.556. The molecule has 0 saturated heterocycles. The van der Waals surface area contributed by atoms with Crippen LogP contribution < -0.4 is 0 Å². The van der Waals surface area contributed by atoms with Gasteiger partial charge >= 0.3 is 10.4 Å². The predicted octanol–water partition coefficient (Wildman–Crippen LogP) is 3.00. The predicted molar refractivity (Wildman–Crippen MR) is 68.3 cm³/mol. The summed E-state index contributed by atoms with van der Waals surface area (Å²) in [5, 5.41) is 0. The first-order valence-corrected chi connectivity index (χ1v) is 3.76. The summed E-state index contributed by atoms with van der Waals surface area (Å²) in [4.78, 5) is 0. The molecule has 16 heavy (non-hydrogen) atoms. The summed E-state index contributed by atoms with van der Waals surface area (Å²) in [7, 11) is -4.67. The maximum Gasteiger partial charge on any atom is 0.394 e. The van der Waals surface area contributed by atoms with Crippen LogP contribution >= 0.6 is 0 Å². The Morgan fingerprint density at radius 1 is 0.812 bits per heavy atom. The molecule has 0 saturated carbocycles. The van der Waals surface area contributed by atoms with Crippen molar-refractivity contribution in [2.75, 3.05) is 0 Å². The molecule has 107 valence electrons. The second-order valence-corrected chi connectivity index (χ2v) is 2.31. The van der Waals surface area contributed by atoms with Crippen molar-refractivity contribution in [1.82, 2.24) is 0 Å². The van der Waals surface area contributed by atoms with Crippen LogP contribution in [0.3, 0.4) is 0 Å². The van der Waals surface area contributed by atoms with Crippen LogP contribution in [0.5, 0.6) is 0 Å². The maximum absolute atomic E-state index is 8.74. The van der Waals surface area contributed by atoms with E-state index in [1.807, 2.05) is 30.3 Å². The van der Waals surface area contributed by atoms with Crippen molar-refractivity contribution in [3.05, 3.63) is 67.5 Å². The summed E-state index contributed by atoms with van der Waals surface area (Å²) in [5.41, 5.74) is 0. The third kappa shape index (κ3) is 96.9. The van der Waals surface area contributed by atoms with Gasteiger partial charge in [0.2, 0.25) is 0 Å². The topological polar surface area (TPSA) is 74.6 Å². The Bertz CT molecular complexity index is 219. The van der Waals surface area contributed by atoms with Gasteiger partial charge in [-0.25, -0.2) is 12.1 Å². The normalized spacial score (nSPS) is 6.12. The summed E-state index contributed by atoms with van der Waals surface area (Å²) in [5.74, 6) is 0. The van der Waals surface area contributed by atoms with E-state index in [-0.39, 0.29) is 57.2 Å². The van der Waals surface area contributed by atoms with Gasteiger partial charge in [-0.1, -0.05) is 0 Å². The van der Waals surface area contributed by atoms with Gasteiger partial charge in [-0.3, -0.25) is 9.11 Å². The van der Waals surface area contributed by atoms with Gasteiger partial charge in [-0.15, -0.1) is 0 Å². The van der Waals surface area contributed by atoms with E-state index >= 15 is 0 Å². The summed E-state index contributed by atoms with van der Waals surface area (Å²) >= 11 is 0. The summed E-state index contributed by atoms with van der Waals surface area (Å²) in [6.45, 7) is 0. The van der Waals surface area contributed by atoms with E-state index in [2.05, 4.69) is 0 Å². The van der Waals surface area contributed by atoms with Gasteiger partial charge in [0.15, 0.2) is 0 Å². The van der Waals surface area contributed by atoms with E-state index in [0.29, 0.717) is 0 Å². The molecule has 0 amide bonds. The van der Waals surface area contributed by atoms with E-state index < -0.39 is 10.4 Å². The van der Waals surface area contributed by atoms with E-state index in [9.17, 15) is 0 Å². The van der Waals surface area contributed by atoms with E-state index in [1.54, 1.807) is 0 Å². The average molecular weight is 431 g/mol. The SMILES string of the molecule is O=S(=O)(O)O.[CH3-].[CH3-].[CH3-].[CH3-].[CH3-].[Ir].c1cc[cH-]c1. The fourth-order valence-electron chi connectivity index (χ4n) is 0.321. The fraction of sp³-hybridized carbons (Fsp3) is 0. The van der Waals surface area contributed by atoms with Crippen molar-refractivity contribution in [3.63, 3.8) is 0 Å². The van der Waals surface area contributed by atoms with Crippen molar-refractivity contribution in [3.8, 4) is 0 Å². The Morgan fingerprint density at radius 2 is 1.00 bits per heavy atom. The smallest absolute Gasteiger partial charge is 0.358 e. The van der Waals surface area contributed by atoms with Crippen molar-refractivity contribution >= 4 is 10.4 Å². The zero-order valence-corrected chi connectivity index (χ0v) is 13.6. The van der Waals surface area contributed by atoms with Crippen molar-refractivity contribution in [1.29, 1.82) is 0 Å². The largest absolute Gasteiger partial charge is 0.394 e. The van der Waals surface area contributed by atoms with Crippen LogP contribution in [0, 0.1) is 37.1 Å². The molecule has 0 aromatic heterocycles. The quantitative estimate of drug-likeness (QED) is 0.490. The third-order valence-electron chi connectivity index (χ3n) is 0.556.